The number of anilines is 1. The first-order chi connectivity index (χ1) is 8.37. The van der Waals surface area contributed by atoms with E-state index < -0.39 is 9.84 Å². The zero-order valence-corrected chi connectivity index (χ0v) is 11.7. The van der Waals surface area contributed by atoms with E-state index in [-0.39, 0.29) is 11.8 Å². The van der Waals surface area contributed by atoms with E-state index >= 15 is 0 Å². The number of sulfone groups is 1. The molecule has 5 heteroatoms. The minimum Gasteiger partial charge on any atom is -0.370 e. The number of hydrogen-bond acceptors (Lipinski definition) is 4. The molecule has 0 aromatic heterocycles. The van der Waals surface area contributed by atoms with Crippen LogP contribution in [0.2, 0.25) is 0 Å². The smallest absolute Gasteiger partial charge is 0.149 e. The van der Waals surface area contributed by atoms with Crippen LogP contribution in [0.15, 0.2) is 18.2 Å². The summed E-state index contributed by atoms with van der Waals surface area (Å²) in [5.41, 5.74) is 9.43. The fourth-order valence-electron chi connectivity index (χ4n) is 2.28. The molecule has 0 fully saturated rings. The molecule has 0 saturated heterocycles. The molecular formula is C13H20N2O2S. The van der Waals surface area contributed by atoms with E-state index in [1.54, 1.807) is 0 Å². The van der Waals surface area contributed by atoms with Gasteiger partial charge in [-0.1, -0.05) is 12.1 Å². The van der Waals surface area contributed by atoms with Crippen molar-refractivity contribution in [1.29, 1.82) is 0 Å². The molecule has 18 heavy (non-hydrogen) atoms. The van der Waals surface area contributed by atoms with Gasteiger partial charge in [0, 0.05) is 31.1 Å². The monoisotopic (exact) mass is 268 g/mol. The third kappa shape index (κ3) is 3.03. The Labute approximate surface area is 109 Å². The first-order valence-corrected chi connectivity index (χ1v) is 8.24. The molecule has 0 amide bonds. The molecule has 100 valence electrons. The number of hydrogen-bond donors (Lipinski definition) is 1. The normalized spacial score (nSPS) is 16.7. The van der Waals surface area contributed by atoms with Crippen molar-refractivity contribution in [3.8, 4) is 0 Å². The molecule has 1 aliphatic heterocycles. The Kier molecular flexibility index (Phi) is 3.64. The van der Waals surface area contributed by atoms with Crippen molar-refractivity contribution in [3.63, 3.8) is 0 Å². The van der Waals surface area contributed by atoms with Gasteiger partial charge in [0.05, 0.1) is 5.75 Å². The van der Waals surface area contributed by atoms with Crippen LogP contribution in [0.3, 0.4) is 0 Å². The summed E-state index contributed by atoms with van der Waals surface area (Å²) in [7, 11) is -2.90. The molecule has 0 saturated carbocycles. The molecule has 0 spiro atoms. The lowest BCUT2D eigenvalue weighted by atomic mass is 10.0. The van der Waals surface area contributed by atoms with Crippen molar-refractivity contribution in [1.82, 2.24) is 0 Å². The summed E-state index contributed by atoms with van der Waals surface area (Å²) in [4.78, 5) is 2.14. The zero-order chi connectivity index (χ0) is 13.3. The average Bonchev–Trinajstić information content (AvgIpc) is 2.67. The van der Waals surface area contributed by atoms with Crippen LogP contribution < -0.4 is 10.6 Å². The Hall–Kier alpha value is -1.07. The number of nitrogens with two attached hydrogens (primary N) is 1. The summed E-state index contributed by atoms with van der Waals surface area (Å²) in [6.45, 7) is 3.44. The number of nitrogens with zero attached hydrogens (tertiary/aromatic N) is 1. The van der Waals surface area contributed by atoms with Gasteiger partial charge in [0.1, 0.15) is 9.84 Å². The quantitative estimate of drug-likeness (QED) is 0.888. The Balaban J connectivity index is 2.14. The number of rotatable bonds is 4. The Bertz CT molecular complexity index is 538. The molecular weight excluding hydrogens is 248 g/mol. The standard InChI is InChI=1S/C13H20N2O2S/c1-10(14)11-3-4-13-12(9-11)5-6-15(13)7-8-18(2,16)17/h3-4,9-10H,5-8,14H2,1-2H3. The lowest BCUT2D eigenvalue weighted by Crippen LogP contribution is -2.27. The van der Waals surface area contributed by atoms with Crippen molar-refractivity contribution >= 4 is 15.5 Å². The highest BCUT2D eigenvalue weighted by Crippen LogP contribution is 2.29. The van der Waals surface area contributed by atoms with Crippen molar-refractivity contribution in [3.05, 3.63) is 29.3 Å². The van der Waals surface area contributed by atoms with Crippen molar-refractivity contribution in [2.24, 2.45) is 5.73 Å². The van der Waals surface area contributed by atoms with Crippen molar-refractivity contribution in [2.75, 3.05) is 30.0 Å². The van der Waals surface area contributed by atoms with Crippen LogP contribution in [-0.4, -0.2) is 33.5 Å². The average molecular weight is 268 g/mol. The Morgan fingerprint density at radius 2 is 2.17 bits per heavy atom. The van der Waals surface area contributed by atoms with Gasteiger partial charge in [0.2, 0.25) is 0 Å². The lowest BCUT2D eigenvalue weighted by molar-refractivity contribution is 0.600. The summed E-state index contributed by atoms with van der Waals surface area (Å²) in [5, 5.41) is 0. The van der Waals surface area contributed by atoms with Crippen molar-refractivity contribution in [2.45, 2.75) is 19.4 Å². The van der Waals surface area contributed by atoms with Gasteiger partial charge in [-0.15, -0.1) is 0 Å². The molecule has 2 rings (SSSR count). The fraction of sp³-hybridized carbons (Fsp3) is 0.538. The van der Waals surface area contributed by atoms with Gasteiger partial charge in [-0.05, 0) is 30.5 Å². The highest BCUT2D eigenvalue weighted by atomic mass is 32.2. The molecule has 4 nitrogen and oxygen atoms in total. The van der Waals surface area contributed by atoms with Gasteiger partial charge >= 0.3 is 0 Å². The number of fused-ring (bicyclic) bond motifs is 1. The van der Waals surface area contributed by atoms with Crippen LogP contribution in [0.1, 0.15) is 24.1 Å². The largest absolute Gasteiger partial charge is 0.370 e. The molecule has 1 atom stereocenters. The van der Waals surface area contributed by atoms with Crippen LogP contribution in [0, 0.1) is 0 Å². The van der Waals surface area contributed by atoms with Crippen LogP contribution in [0.25, 0.3) is 0 Å². The van der Waals surface area contributed by atoms with E-state index in [0.29, 0.717) is 6.54 Å². The maximum absolute atomic E-state index is 11.2. The van der Waals surface area contributed by atoms with Gasteiger partial charge < -0.3 is 10.6 Å². The van der Waals surface area contributed by atoms with Crippen LogP contribution in [0.4, 0.5) is 5.69 Å². The molecule has 1 unspecified atom stereocenters. The van der Waals surface area contributed by atoms with E-state index in [9.17, 15) is 8.42 Å². The second kappa shape index (κ2) is 4.90. The summed E-state index contributed by atoms with van der Waals surface area (Å²) in [6, 6.07) is 6.27. The SMILES string of the molecule is CC(N)c1ccc2c(c1)CCN2CCS(C)(=O)=O. The third-order valence-electron chi connectivity index (χ3n) is 3.35. The number of benzene rings is 1. The van der Waals surface area contributed by atoms with Gasteiger partial charge in [0.15, 0.2) is 0 Å². The van der Waals surface area contributed by atoms with E-state index in [1.165, 1.54) is 11.8 Å². The predicted octanol–water partition coefficient (Wildman–Crippen LogP) is 1.11. The van der Waals surface area contributed by atoms with E-state index in [2.05, 4.69) is 17.0 Å². The molecule has 1 aromatic rings. The van der Waals surface area contributed by atoms with Crippen LogP contribution in [0.5, 0.6) is 0 Å². The summed E-state index contributed by atoms with van der Waals surface area (Å²) in [6.07, 6.45) is 2.25. The van der Waals surface area contributed by atoms with E-state index in [4.69, 9.17) is 5.73 Å². The van der Waals surface area contributed by atoms with Crippen LogP contribution in [-0.2, 0) is 16.3 Å². The summed E-state index contributed by atoms with van der Waals surface area (Å²) >= 11 is 0. The van der Waals surface area contributed by atoms with Crippen LogP contribution >= 0.6 is 0 Å². The molecule has 1 heterocycles. The topological polar surface area (TPSA) is 63.4 Å². The minimum atomic E-state index is -2.90. The maximum atomic E-state index is 11.2. The fourth-order valence-corrected chi connectivity index (χ4v) is 2.83. The van der Waals surface area contributed by atoms with E-state index in [0.717, 1.165) is 24.2 Å². The summed E-state index contributed by atoms with van der Waals surface area (Å²) < 4.78 is 22.4. The first kappa shape index (κ1) is 13.4. The lowest BCUT2D eigenvalue weighted by Gasteiger charge is -2.19. The maximum Gasteiger partial charge on any atom is 0.149 e. The van der Waals surface area contributed by atoms with Gasteiger partial charge in [0.25, 0.3) is 0 Å². The predicted molar refractivity (Wildman–Crippen MR) is 74.7 cm³/mol. The van der Waals surface area contributed by atoms with Crippen molar-refractivity contribution < 1.29 is 8.42 Å². The van der Waals surface area contributed by atoms with E-state index in [1.807, 2.05) is 13.0 Å². The van der Waals surface area contributed by atoms with Gasteiger partial charge in [-0.3, -0.25) is 0 Å². The third-order valence-corrected chi connectivity index (χ3v) is 4.28. The molecule has 0 aliphatic carbocycles. The zero-order valence-electron chi connectivity index (χ0n) is 10.9. The van der Waals surface area contributed by atoms with Gasteiger partial charge in [-0.25, -0.2) is 8.42 Å². The first-order valence-electron chi connectivity index (χ1n) is 6.18. The minimum absolute atomic E-state index is 0.0420. The molecule has 0 bridgehead atoms. The highest BCUT2D eigenvalue weighted by Gasteiger charge is 2.20. The van der Waals surface area contributed by atoms with Gasteiger partial charge in [-0.2, -0.15) is 0 Å². The molecule has 2 N–H and O–H groups in total. The Morgan fingerprint density at radius 3 is 2.78 bits per heavy atom. The molecule has 1 aromatic carbocycles. The second-order valence-electron chi connectivity index (χ2n) is 5.04. The molecule has 0 radical (unpaired) electrons. The second-order valence-corrected chi connectivity index (χ2v) is 7.30. The molecule has 1 aliphatic rings. The Morgan fingerprint density at radius 1 is 1.44 bits per heavy atom. The summed E-state index contributed by atoms with van der Waals surface area (Å²) in [5.74, 6) is 0.210. The highest BCUT2D eigenvalue weighted by molar-refractivity contribution is 7.90.